The second kappa shape index (κ2) is 8.82. The highest BCUT2D eigenvalue weighted by Crippen LogP contribution is 2.29. The van der Waals surface area contributed by atoms with Gasteiger partial charge in [-0.05, 0) is 30.3 Å². The molecular weight excluding hydrogens is 391 g/mol. The molecule has 1 N–H and O–H groups in total. The second-order valence-electron chi connectivity index (χ2n) is 5.84. The van der Waals surface area contributed by atoms with Crippen molar-refractivity contribution in [3.63, 3.8) is 0 Å². The van der Waals surface area contributed by atoms with Crippen LogP contribution in [-0.2, 0) is 0 Å². The number of pyridine rings is 1. The molecule has 0 spiro atoms. The van der Waals surface area contributed by atoms with Crippen molar-refractivity contribution in [1.82, 2.24) is 14.8 Å². The molecule has 0 amide bonds. The van der Waals surface area contributed by atoms with Crippen LogP contribution >= 0.6 is 0 Å². The summed E-state index contributed by atoms with van der Waals surface area (Å²) in [6.07, 6.45) is -2.99. The predicted octanol–water partition coefficient (Wildman–Crippen LogP) is 3.26. The largest absolute Gasteiger partial charge is 0.491 e. The van der Waals surface area contributed by atoms with Gasteiger partial charge in [0.25, 0.3) is 0 Å². The van der Waals surface area contributed by atoms with Crippen molar-refractivity contribution in [1.29, 1.82) is 0 Å². The second-order valence-corrected chi connectivity index (χ2v) is 5.84. The molecule has 0 fully saturated rings. The van der Waals surface area contributed by atoms with E-state index in [0.717, 1.165) is 0 Å². The summed E-state index contributed by atoms with van der Waals surface area (Å²) < 4.78 is 54.1. The lowest BCUT2D eigenvalue weighted by Crippen LogP contribution is -2.19. The van der Waals surface area contributed by atoms with E-state index in [2.05, 4.69) is 10.1 Å². The van der Waals surface area contributed by atoms with Gasteiger partial charge in [-0.2, -0.15) is 13.2 Å². The maximum absolute atomic E-state index is 12.5. The standard InChI is InChI=1S/C19H18F3N3O4/c1-27-17-7-4-14(11-23-17)25-16(10-18(24-25)29-12-19(20,21)22)13-2-5-15(6-3-13)28-9-8-26/h2-7,10-11,26H,8-9,12H2,1H3. The summed E-state index contributed by atoms with van der Waals surface area (Å²) in [4.78, 5) is 4.10. The van der Waals surface area contributed by atoms with Crippen molar-refractivity contribution in [3.8, 4) is 34.5 Å². The minimum Gasteiger partial charge on any atom is -0.491 e. The zero-order valence-electron chi connectivity index (χ0n) is 15.4. The molecule has 29 heavy (non-hydrogen) atoms. The normalized spacial score (nSPS) is 11.3. The molecular formula is C19H18F3N3O4. The monoisotopic (exact) mass is 409 g/mol. The quantitative estimate of drug-likeness (QED) is 0.615. The maximum atomic E-state index is 12.5. The van der Waals surface area contributed by atoms with Crippen LogP contribution in [0.1, 0.15) is 0 Å². The lowest BCUT2D eigenvalue weighted by Gasteiger charge is -2.09. The summed E-state index contributed by atoms with van der Waals surface area (Å²) in [6.45, 7) is -1.40. The molecule has 1 aromatic carbocycles. The number of aliphatic hydroxyl groups is 1. The van der Waals surface area contributed by atoms with Gasteiger partial charge in [-0.1, -0.05) is 0 Å². The van der Waals surface area contributed by atoms with E-state index in [1.807, 2.05) is 0 Å². The molecule has 2 heterocycles. The number of alkyl halides is 3. The van der Waals surface area contributed by atoms with E-state index >= 15 is 0 Å². The van der Waals surface area contributed by atoms with Crippen molar-refractivity contribution < 1.29 is 32.5 Å². The fourth-order valence-electron chi connectivity index (χ4n) is 2.49. The Labute approximate surface area is 164 Å². The van der Waals surface area contributed by atoms with Crippen LogP contribution < -0.4 is 14.2 Å². The van der Waals surface area contributed by atoms with E-state index in [-0.39, 0.29) is 19.1 Å². The maximum Gasteiger partial charge on any atom is 0.422 e. The molecule has 0 aliphatic heterocycles. The lowest BCUT2D eigenvalue weighted by atomic mass is 10.1. The number of aliphatic hydroxyl groups excluding tert-OH is 1. The summed E-state index contributed by atoms with van der Waals surface area (Å²) in [6, 6.07) is 11.5. The molecule has 0 radical (unpaired) electrons. The molecule has 0 saturated carbocycles. The van der Waals surface area contributed by atoms with Crippen LogP contribution in [0.15, 0.2) is 48.7 Å². The highest BCUT2D eigenvalue weighted by atomic mass is 19.4. The van der Waals surface area contributed by atoms with E-state index in [0.29, 0.717) is 28.6 Å². The molecule has 154 valence electrons. The number of hydrogen-bond acceptors (Lipinski definition) is 6. The van der Waals surface area contributed by atoms with Crippen molar-refractivity contribution in [2.24, 2.45) is 0 Å². The van der Waals surface area contributed by atoms with Gasteiger partial charge in [-0.25, -0.2) is 9.67 Å². The Morgan fingerprint density at radius 1 is 1.03 bits per heavy atom. The first-order valence-electron chi connectivity index (χ1n) is 8.54. The van der Waals surface area contributed by atoms with Crippen molar-refractivity contribution in [2.75, 3.05) is 26.9 Å². The van der Waals surface area contributed by atoms with Crippen LogP contribution in [0.2, 0.25) is 0 Å². The molecule has 0 bridgehead atoms. The van der Waals surface area contributed by atoms with Gasteiger partial charge in [0.1, 0.15) is 12.4 Å². The van der Waals surface area contributed by atoms with Gasteiger partial charge < -0.3 is 19.3 Å². The van der Waals surface area contributed by atoms with Crippen molar-refractivity contribution >= 4 is 0 Å². The molecule has 3 aromatic rings. The molecule has 0 aliphatic carbocycles. The van der Waals surface area contributed by atoms with Gasteiger partial charge >= 0.3 is 6.18 Å². The van der Waals surface area contributed by atoms with Crippen molar-refractivity contribution in [2.45, 2.75) is 6.18 Å². The van der Waals surface area contributed by atoms with Gasteiger partial charge in [-0.3, -0.25) is 0 Å². The Morgan fingerprint density at radius 2 is 1.79 bits per heavy atom. The average Bonchev–Trinajstić information content (AvgIpc) is 3.15. The van der Waals surface area contributed by atoms with E-state index in [4.69, 9.17) is 19.3 Å². The fourth-order valence-corrected chi connectivity index (χ4v) is 2.49. The topological polar surface area (TPSA) is 78.6 Å². The molecule has 3 rings (SSSR count). The highest BCUT2D eigenvalue weighted by Gasteiger charge is 2.29. The zero-order valence-corrected chi connectivity index (χ0v) is 15.4. The Balaban J connectivity index is 1.95. The minimum atomic E-state index is -4.47. The number of ether oxygens (including phenoxy) is 3. The fraction of sp³-hybridized carbons (Fsp3) is 0.263. The van der Waals surface area contributed by atoms with E-state index in [9.17, 15) is 13.2 Å². The van der Waals surface area contributed by atoms with Gasteiger partial charge in [0, 0.05) is 17.7 Å². The first-order chi connectivity index (χ1) is 13.9. The third kappa shape index (κ3) is 5.38. The summed E-state index contributed by atoms with van der Waals surface area (Å²) >= 11 is 0. The number of rotatable bonds is 8. The Hall–Kier alpha value is -3.27. The van der Waals surface area contributed by atoms with Crippen LogP contribution in [-0.4, -0.2) is 53.0 Å². The van der Waals surface area contributed by atoms with E-state index in [1.165, 1.54) is 24.1 Å². The summed E-state index contributed by atoms with van der Waals surface area (Å²) in [5.41, 5.74) is 1.69. The third-order valence-electron chi connectivity index (χ3n) is 3.76. The number of nitrogens with zero attached hydrogens (tertiary/aromatic N) is 3. The summed E-state index contributed by atoms with van der Waals surface area (Å²) in [5, 5.41) is 13.0. The summed E-state index contributed by atoms with van der Waals surface area (Å²) in [5.74, 6) is 0.767. The average molecular weight is 409 g/mol. The molecule has 2 aromatic heterocycles. The van der Waals surface area contributed by atoms with E-state index < -0.39 is 12.8 Å². The molecule has 0 saturated heterocycles. The predicted molar refractivity (Wildman–Crippen MR) is 97.5 cm³/mol. The number of halogens is 3. The first-order valence-corrected chi connectivity index (χ1v) is 8.54. The van der Waals surface area contributed by atoms with Crippen LogP contribution in [0.3, 0.4) is 0 Å². The summed E-state index contributed by atoms with van der Waals surface area (Å²) in [7, 11) is 1.48. The smallest absolute Gasteiger partial charge is 0.422 e. The third-order valence-corrected chi connectivity index (χ3v) is 3.76. The molecule has 10 heteroatoms. The Kier molecular flexibility index (Phi) is 6.23. The number of aromatic nitrogens is 3. The lowest BCUT2D eigenvalue weighted by molar-refractivity contribution is -0.154. The van der Waals surface area contributed by atoms with Crippen LogP contribution in [0.4, 0.5) is 13.2 Å². The molecule has 7 nitrogen and oxygen atoms in total. The Bertz CT molecular complexity index is 925. The molecule has 0 atom stereocenters. The SMILES string of the molecule is COc1ccc(-n2nc(OCC(F)(F)F)cc2-c2ccc(OCCO)cc2)cn1. The zero-order chi connectivity index (χ0) is 20.9. The van der Waals surface area contributed by atoms with Gasteiger partial charge in [0.15, 0.2) is 6.61 Å². The van der Waals surface area contributed by atoms with Crippen LogP contribution in [0, 0.1) is 0 Å². The van der Waals surface area contributed by atoms with Crippen LogP contribution in [0.5, 0.6) is 17.5 Å². The van der Waals surface area contributed by atoms with Gasteiger partial charge in [-0.15, -0.1) is 5.10 Å². The molecule has 0 unspecified atom stereocenters. The number of hydrogen-bond donors (Lipinski definition) is 1. The van der Waals surface area contributed by atoms with Crippen molar-refractivity contribution in [3.05, 3.63) is 48.7 Å². The molecule has 0 aliphatic rings. The highest BCUT2D eigenvalue weighted by molar-refractivity contribution is 5.64. The minimum absolute atomic E-state index is 0.112. The van der Waals surface area contributed by atoms with Gasteiger partial charge in [0.05, 0.1) is 31.3 Å². The first kappa shape index (κ1) is 20.5. The van der Waals surface area contributed by atoms with Gasteiger partial charge in [0.2, 0.25) is 11.8 Å². The number of methoxy groups -OCH3 is 1. The van der Waals surface area contributed by atoms with E-state index in [1.54, 1.807) is 36.4 Å². The Morgan fingerprint density at radius 3 is 2.38 bits per heavy atom. The van der Waals surface area contributed by atoms with Crippen LogP contribution in [0.25, 0.3) is 16.9 Å². The number of benzene rings is 1.